The molecule has 17 heteroatoms. The molecule has 0 N–H and O–H groups in total. The van der Waals surface area contributed by atoms with E-state index in [1.165, 1.54) is 217 Å². The molecule has 0 aliphatic carbocycles. The van der Waals surface area contributed by atoms with E-state index in [0.29, 0.717) is 0 Å². The Kier molecular flexibility index (Phi) is 48.7. The number of esters is 4. The number of benzene rings is 2. The summed E-state index contributed by atoms with van der Waals surface area (Å²) in [5, 5.41) is 0. The second-order valence-corrected chi connectivity index (χ2v) is 23.2. The molecule has 436 valence electrons. The molecule has 0 saturated carbocycles. The van der Waals surface area contributed by atoms with Crippen molar-refractivity contribution in [1.29, 1.82) is 0 Å². The zero-order chi connectivity index (χ0) is 55.8. The van der Waals surface area contributed by atoms with Crippen LogP contribution in [0.15, 0.2) is 48.5 Å². The predicted molar refractivity (Wildman–Crippen MR) is 306 cm³/mol. The molecule has 0 unspecified atom stereocenters. The Morgan fingerprint density at radius 1 is 0.312 bits per heavy atom. The zero-order valence-electron chi connectivity index (χ0n) is 47.6. The maximum absolute atomic E-state index is 12.4. The number of carbonyl (C=O) groups is 4. The Morgan fingerprint density at radius 3 is 0.662 bits per heavy atom. The number of carbonyl (C=O) groups excluding carboxylic acids is 4. The van der Waals surface area contributed by atoms with E-state index in [1.54, 1.807) is 24.3 Å². The van der Waals surface area contributed by atoms with E-state index in [1.807, 2.05) is 0 Å². The van der Waals surface area contributed by atoms with Crippen LogP contribution in [0, 0.1) is 0 Å². The van der Waals surface area contributed by atoms with Gasteiger partial charge >= 0.3 is 61.6 Å². The predicted octanol–water partition coefficient (Wildman–Crippen LogP) is 14.8. The summed E-state index contributed by atoms with van der Waals surface area (Å²) < 4.78 is 84.2. The van der Waals surface area contributed by atoms with E-state index in [4.69, 9.17) is 18.9 Å². The van der Waals surface area contributed by atoms with E-state index < -0.39 is 68.8 Å². The van der Waals surface area contributed by atoms with Gasteiger partial charge in [0.25, 0.3) is 0 Å². The topological polar surface area (TPSA) is 220 Å². The van der Waals surface area contributed by atoms with E-state index in [0.717, 1.165) is 38.5 Å². The smallest absolute Gasteiger partial charge is 0.748 e. The normalized spacial score (nSPS) is 11.3. The molecular formula is C60H98CaO14S2. The molecule has 77 heavy (non-hydrogen) atoms. The van der Waals surface area contributed by atoms with Crippen molar-refractivity contribution < 1.29 is 64.1 Å². The van der Waals surface area contributed by atoms with Gasteiger partial charge in [-0.15, -0.1) is 0 Å². The van der Waals surface area contributed by atoms with Crippen molar-refractivity contribution >= 4 is 81.9 Å². The van der Waals surface area contributed by atoms with Gasteiger partial charge in [-0.3, -0.25) is 0 Å². The van der Waals surface area contributed by atoms with Crippen molar-refractivity contribution in [3.8, 4) is 0 Å². The molecule has 0 aliphatic heterocycles. The van der Waals surface area contributed by atoms with Gasteiger partial charge in [-0.1, -0.05) is 256 Å². The van der Waals surface area contributed by atoms with Crippen molar-refractivity contribution in [2.45, 2.75) is 245 Å². The van der Waals surface area contributed by atoms with Gasteiger partial charge in [0, 0.05) is 0 Å². The van der Waals surface area contributed by atoms with E-state index >= 15 is 0 Å². The number of ether oxygens (including phenoxy) is 4. The van der Waals surface area contributed by atoms with Gasteiger partial charge in [0.05, 0.1) is 67.2 Å². The Balaban J connectivity index is 0.00000148. The summed E-state index contributed by atoms with van der Waals surface area (Å²) in [7, 11) is -8.97. The van der Waals surface area contributed by atoms with Crippen LogP contribution in [0.25, 0.3) is 0 Å². The Morgan fingerprint density at radius 2 is 0.481 bits per heavy atom. The SMILES string of the molecule is CCCCCCCCCCCCCCCCCCCCOC(=O)c1ccccc1C(=O)OCCS(=O)(=O)[O-].CCCCCCCCCCCCCCCCCCCCOC(=O)c1ccccc1C(=O)OCCS(=O)(=O)[O-].[Ca+2]. The molecule has 0 atom stereocenters. The molecule has 0 heterocycles. The van der Waals surface area contributed by atoms with E-state index in [9.17, 15) is 45.1 Å². The number of rotatable bonds is 48. The van der Waals surface area contributed by atoms with Crippen LogP contribution in [-0.4, -0.2) is 125 Å². The number of hydrogen-bond donors (Lipinski definition) is 0. The summed E-state index contributed by atoms with van der Waals surface area (Å²) in [6, 6.07) is 12.1. The zero-order valence-corrected chi connectivity index (χ0v) is 51.4. The molecule has 2 aromatic carbocycles. The summed E-state index contributed by atoms with van der Waals surface area (Å²) in [5.74, 6) is -4.61. The fourth-order valence-corrected chi connectivity index (χ4v) is 9.37. The molecule has 0 aliphatic rings. The summed E-state index contributed by atoms with van der Waals surface area (Å²) in [6.45, 7) is 3.95. The van der Waals surface area contributed by atoms with Gasteiger partial charge in [-0.05, 0) is 37.1 Å². The van der Waals surface area contributed by atoms with Crippen LogP contribution in [-0.2, 0) is 39.2 Å². The minimum atomic E-state index is -4.48. The molecule has 14 nitrogen and oxygen atoms in total. The molecule has 0 aromatic heterocycles. The van der Waals surface area contributed by atoms with Crippen molar-refractivity contribution in [3.05, 3.63) is 70.8 Å². The van der Waals surface area contributed by atoms with Crippen LogP contribution in [0.5, 0.6) is 0 Å². The van der Waals surface area contributed by atoms with Crippen molar-refractivity contribution in [1.82, 2.24) is 0 Å². The minimum Gasteiger partial charge on any atom is -0.748 e. The molecule has 0 fully saturated rings. The number of hydrogen-bond acceptors (Lipinski definition) is 14. The summed E-state index contributed by atoms with van der Waals surface area (Å²) >= 11 is 0. The van der Waals surface area contributed by atoms with Crippen LogP contribution >= 0.6 is 0 Å². The van der Waals surface area contributed by atoms with E-state index in [-0.39, 0.29) is 73.2 Å². The van der Waals surface area contributed by atoms with E-state index in [2.05, 4.69) is 13.8 Å². The third-order valence-corrected chi connectivity index (χ3v) is 14.7. The number of unbranched alkanes of at least 4 members (excludes halogenated alkanes) is 34. The maximum atomic E-state index is 12.4. The molecule has 2 rings (SSSR count). The van der Waals surface area contributed by atoms with Crippen LogP contribution in [0.4, 0.5) is 0 Å². The first-order chi connectivity index (χ1) is 36.7. The molecule has 0 amide bonds. The first-order valence-electron chi connectivity index (χ1n) is 29.4. The van der Waals surface area contributed by atoms with Gasteiger partial charge < -0.3 is 28.1 Å². The standard InChI is InChI=1S/2C30H50O7S.Ca/c2*1-2-3-4-5-6-7-8-9-10-11-12-13-14-15-16-17-18-21-24-36-29(31)27-22-19-20-23-28(27)30(32)37-25-26-38(33,34)35;/h2*19-20,22-23H,2-18,21,24-26H2,1H3,(H,33,34,35);/q;;+2/p-2. The van der Waals surface area contributed by atoms with Crippen LogP contribution in [0.1, 0.15) is 286 Å². The Labute approximate surface area is 495 Å². The molecule has 0 radical (unpaired) electrons. The Hall–Kier alpha value is -2.60. The van der Waals surface area contributed by atoms with Crippen molar-refractivity contribution in [2.75, 3.05) is 37.9 Å². The first-order valence-corrected chi connectivity index (χ1v) is 32.6. The summed E-state index contributed by atoms with van der Waals surface area (Å²) in [4.78, 5) is 49.2. The maximum Gasteiger partial charge on any atom is 2.00 e. The third kappa shape index (κ3) is 44.8. The minimum absolute atomic E-state index is 0. The van der Waals surface area contributed by atoms with Crippen LogP contribution < -0.4 is 0 Å². The van der Waals surface area contributed by atoms with Gasteiger partial charge in [-0.2, -0.15) is 0 Å². The average Bonchev–Trinajstić information content (AvgIpc) is 3.39. The quantitative estimate of drug-likeness (QED) is 0.0198. The van der Waals surface area contributed by atoms with Crippen LogP contribution in [0.3, 0.4) is 0 Å². The molecule has 0 bridgehead atoms. The third-order valence-electron chi connectivity index (χ3n) is 13.3. The van der Waals surface area contributed by atoms with Gasteiger partial charge in [0.1, 0.15) is 13.2 Å². The second-order valence-electron chi connectivity index (χ2n) is 20.2. The molecular weight excluding hydrogens is 1050 g/mol. The van der Waals surface area contributed by atoms with Gasteiger partial charge in [0.2, 0.25) is 0 Å². The summed E-state index contributed by atoms with van der Waals surface area (Å²) in [6.07, 6.45) is 46.3. The average molecular weight is 1150 g/mol. The summed E-state index contributed by atoms with van der Waals surface area (Å²) in [5.41, 5.74) is 0.0898. The molecule has 2 aromatic rings. The molecule has 0 spiro atoms. The van der Waals surface area contributed by atoms with Crippen molar-refractivity contribution in [2.24, 2.45) is 0 Å². The Bertz CT molecular complexity index is 1890. The monoisotopic (exact) mass is 1150 g/mol. The van der Waals surface area contributed by atoms with Gasteiger partial charge in [0.15, 0.2) is 0 Å². The van der Waals surface area contributed by atoms with Crippen molar-refractivity contribution in [3.63, 3.8) is 0 Å². The molecule has 0 saturated heterocycles. The first kappa shape index (κ1) is 74.4. The largest absolute Gasteiger partial charge is 2.00 e. The van der Waals surface area contributed by atoms with Gasteiger partial charge in [-0.25, -0.2) is 36.0 Å². The fourth-order valence-electron chi connectivity index (χ4n) is 8.80. The van der Waals surface area contributed by atoms with Crippen LogP contribution in [0.2, 0.25) is 0 Å². The second kappa shape index (κ2) is 50.4. The fraction of sp³-hybridized carbons (Fsp3) is 0.733.